The van der Waals surface area contributed by atoms with Crippen molar-refractivity contribution in [3.05, 3.63) is 57.2 Å². The number of halogens is 4. The molecule has 0 bridgehead atoms. The summed E-state index contributed by atoms with van der Waals surface area (Å²) in [4.78, 5) is 0. The van der Waals surface area contributed by atoms with Crippen LogP contribution in [0.25, 0.3) is 0 Å². The van der Waals surface area contributed by atoms with Gasteiger partial charge in [-0.15, -0.1) is 12.2 Å². The summed E-state index contributed by atoms with van der Waals surface area (Å²) in [5.41, 5.74) is 15.5. The van der Waals surface area contributed by atoms with Crippen LogP contribution >= 0.6 is 58.2 Å². The zero-order valence-corrected chi connectivity index (χ0v) is 13.7. The molecule has 0 unspecified atom stereocenters. The Bertz CT molecular complexity index is 503. The predicted octanol–water partition coefficient (Wildman–Crippen LogP) is 5.88. The molecule has 2 rings (SSSR count). The van der Waals surface area contributed by atoms with Crippen LogP contribution in [0.4, 0.5) is 0 Å². The van der Waals surface area contributed by atoms with Crippen LogP contribution in [0.3, 0.4) is 0 Å². The molecule has 0 fully saturated rings. The maximum absolute atomic E-state index is 5.47. The first kappa shape index (κ1) is 17.7. The first-order valence-electron chi connectivity index (χ1n) is 3.62. The first-order valence-corrected chi connectivity index (χ1v) is 9.93. The van der Waals surface area contributed by atoms with Crippen molar-refractivity contribution in [3.63, 3.8) is 0 Å². The third-order valence-electron chi connectivity index (χ3n) is 1.19. The molecule has 0 spiro atoms. The van der Waals surface area contributed by atoms with Gasteiger partial charge < -0.3 is 0 Å². The van der Waals surface area contributed by atoms with Crippen LogP contribution in [-0.2, 0) is 17.1 Å². The average molecular weight is 380 g/mol. The summed E-state index contributed by atoms with van der Waals surface area (Å²) in [5, 5.41) is 1.34. The van der Waals surface area contributed by atoms with Crippen LogP contribution in [-0.4, -0.2) is 0 Å². The van der Waals surface area contributed by atoms with Crippen LogP contribution < -0.4 is 0 Å². The molecule has 17 heavy (non-hydrogen) atoms. The molecule has 0 radical (unpaired) electrons. The van der Waals surface area contributed by atoms with Crippen molar-refractivity contribution in [1.29, 1.82) is 0 Å². The van der Waals surface area contributed by atoms with Gasteiger partial charge >= 0.3 is 17.1 Å². The Hall–Kier alpha value is 0.699. The molecule has 0 amide bonds. The fraction of sp³-hybridized carbons (Fsp3) is 0. The second-order valence-corrected chi connectivity index (χ2v) is 9.08. The van der Waals surface area contributed by atoms with Crippen molar-refractivity contribution >= 4 is 58.2 Å². The summed E-state index contributed by atoms with van der Waals surface area (Å²) in [6.45, 7) is -2.18. The van der Waals surface area contributed by atoms with Crippen molar-refractivity contribution < 1.29 is 17.1 Å². The van der Waals surface area contributed by atoms with Crippen molar-refractivity contribution in [1.82, 2.24) is 0 Å². The summed E-state index contributed by atoms with van der Waals surface area (Å²) in [6.07, 6.45) is 5.33. The zero-order valence-electron chi connectivity index (χ0n) is 7.76. The minimum Gasteiger partial charge on any atom is -0.284 e. The topological polar surface area (TPSA) is 0 Å². The summed E-state index contributed by atoms with van der Waals surface area (Å²) in [6, 6.07) is 0. The van der Waals surface area contributed by atoms with Crippen molar-refractivity contribution in [2.75, 3.05) is 0 Å². The molecule has 0 aromatic carbocycles. The van der Waals surface area contributed by atoms with Gasteiger partial charge in [-0.2, -0.15) is 0 Å². The summed E-state index contributed by atoms with van der Waals surface area (Å²) < 4.78 is 0. The van der Waals surface area contributed by atoms with E-state index in [2.05, 4.69) is 46.5 Å². The SMILES string of the molecule is ClP(Cl)C1=C=C=C=[C-]1.ClP(Cl)C1=C=C=C=[C-]1.[Fe+2]. The Balaban J connectivity index is 0.000000284. The Labute approximate surface area is 131 Å². The van der Waals surface area contributed by atoms with Gasteiger partial charge in [0.15, 0.2) is 0 Å². The van der Waals surface area contributed by atoms with Gasteiger partial charge in [-0.05, 0) is 0 Å². The van der Waals surface area contributed by atoms with Crippen molar-refractivity contribution in [3.8, 4) is 0 Å². The minimum absolute atomic E-state index is 0. The first-order chi connectivity index (χ1) is 7.61. The van der Waals surface area contributed by atoms with Crippen molar-refractivity contribution in [2.45, 2.75) is 0 Å². The zero-order chi connectivity index (χ0) is 12.0. The van der Waals surface area contributed by atoms with Gasteiger partial charge in [-0.25, -0.2) is 11.5 Å². The third kappa shape index (κ3) is 7.00. The second kappa shape index (κ2) is 9.61. The van der Waals surface area contributed by atoms with E-state index in [1.54, 1.807) is 0 Å². The van der Waals surface area contributed by atoms with E-state index in [9.17, 15) is 0 Å². The van der Waals surface area contributed by atoms with E-state index in [0.29, 0.717) is 10.6 Å². The van der Waals surface area contributed by atoms with Gasteiger partial charge in [0.1, 0.15) is 0 Å². The molecule has 0 aromatic heterocycles. The molecule has 0 N–H and O–H groups in total. The molecular weight excluding hydrogens is 380 g/mol. The van der Waals surface area contributed by atoms with Crippen LogP contribution in [0, 0.1) is 12.2 Å². The van der Waals surface area contributed by atoms with E-state index in [1.807, 2.05) is 0 Å². The quantitative estimate of drug-likeness (QED) is 0.243. The van der Waals surface area contributed by atoms with Crippen LogP contribution in [0.5, 0.6) is 0 Å². The average Bonchev–Trinajstić information content (AvgIpc) is 2.93. The molecule has 0 saturated carbocycles. The number of hydrogen-bond donors (Lipinski definition) is 0. The van der Waals surface area contributed by atoms with E-state index >= 15 is 0 Å². The number of rotatable bonds is 2. The van der Waals surface area contributed by atoms with Gasteiger partial charge in [-0.1, -0.05) is 55.6 Å². The summed E-state index contributed by atoms with van der Waals surface area (Å²) in [7, 11) is 0. The molecule has 7 heteroatoms. The molecule has 0 aromatic rings. The van der Waals surface area contributed by atoms with Gasteiger partial charge in [0.25, 0.3) is 0 Å². The predicted molar refractivity (Wildman–Crippen MR) is 71.8 cm³/mol. The minimum atomic E-state index is -1.09. The molecule has 0 aliphatic heterocycles. The van der Waals surface area contributed by atoms with E-state index in [0.717, 1.165) is 0 Å². The monoisotopic (exact) mass is 378 g/mol. The van der Waals surface area contributed by atoms with Gasteiger partial charge in [0, 0.05) is 0 Å². The van der Waals surface area contributed by atoms with Crippen LogP contribution in [0.15, 0.2) is 45.0 Å². The molecule has 0 atom stereocenters. The standard InChI is InChI=1S/2C5Cl2P.Fe/c2*6-8(7)5-3-1-2-4-5;/q2*-1;+2. The van der Waals surface area contributed by atoms with E-state index in [4.69, 9.17) is 45.0 Å². The summed E-state index contributed by atoms with van der Waals surface area (Å²) in [5.74, 6) is 0. The Morgan fingerprint density at radius 2 is 1.12 bits per heavy atom. The Kier molecular flexibility index (Phi) is 10.0. The van der Waals surface area contributed by atoms with Crippen LogP contribution in [0.2, 0.25) is 0 Å². The molecule has 0 nitrogen and oxygen atoms in total. The summed E-state index contributed by atoms with van der Waals surface area (Å²) >= 11 is 21.9. The van der Waals surface area contributed by atoms with Gasteiger partial charge in [0.05, 0.1) is 13.3 Å². The molecule has 2 aliphatic carbocycles. The fourth-order valence-electron chi connectivity index (χ4n) is 0.593. The largest absolute Gasteiger partial charge is 2.00 e. The number of hydrogen-bond acceptors (Lipinski definition) is 0. The maximum Gasteiger partial charge on any atom is 2.00 e. The van der Waals surface area contributed by atoms with E-state index in [-0.39, 0.29) is 17.1 Å². The maximum atomic E-state index is 5.47. The fourth-order valence-corrected chi connectivity index (χ4v) is 2.17. The molecule has 0 saturated heterocycles. The Morgan fingerprint density at radius 3 is 1.24 bits per heavy atom. The molecule has 2 aliphatic rings. The van der Waals surface area contributed by atoms with E-state index in [1.165, 1.54) is 0 Å². The van der Waals surface area contributed by atoms with E-state index < -0.39 is 13.3 Å². The smallest absolute Gasteiger partial charge is 0.284 e. The Morgan fingerprint density at radius 1 is 0.765 bits per heavy atom. The molecular formula is C10Cl4FeP2. The van der Waals surface area contributed by atoms with Gasteiger partial charge in [-0.3, -0.25) is 22.9 Å². The van der Waals surface area contributed by atoms with Crippen molar-refractivity contribution in [2.24, 2.45) is 0 Å². The molecule has 86 valence electrons. The molecule has 0 heterocycles. The van der Waals surface area contributed by atoms with Crippen LogP contribution in [0.1, 0.15) is 0 Å². The normalized spacial score (nSPS) is 12.8. The number of allylic oxidation sites excluding steroid dienone is 4. The van der Waals surface area contributed by atoms with Gasteiger partial charge in [0.2, 0.25) is 0 Å². The second-order valence-electron chi connectivity index (χ2n) is 2.16. The third-order valence-corrected chi connectivity index (χ3v) is 4.34.